The highest BCUT2D eigenvalue weighted by Crippen LogP contribution is 2.17. The van der Waals surface area contributed by atoms with Gasteiger partial charge in [0.05, 0.1) is 0 Å². The van der Waals surface area contributed by atoms with Crippen molar-refractivity contribution < 1.29 is 4.79 Å². The number of carbonyl (C=O) groups is 1. The molecule has 0 unspecified atom stereocenters. The van der Waals surface area contributed by atoms with Crippen molar-refractivity contribution in [3.8, 4) is 0 Å². The molecule has 1 aromatic heterocycles. The third-order valence-electron chi connectivity index (χ3n) is 2.09. The lowest BCUT2D eigenvalue weighted by Crippen LogP contribution is -1.81. The van der Waals surface area contributed by atoms with Gasteiger partial charge in [0, 0.05) is 10.6 Å². The number of rotatable bonds is 3. The van der Waals surface area contributed by atoms with E-state index < -0.39 is 0 Å². The lowest BCUT2D eigenvalue weighted by molar-refractivity contribution is 0.112. The van der Waals surface area contributed by atoms with Gasteiger partial charge in [-0.15, -0.1) is 0 Å². The second-order valence-corrected chi connectivity index (χ2v) is 4.54. The van der Waals surface area contributed by atoms with Gasteiger partial charge in [0.15, 0.2) is 0 Å². The maximum absolute atomic E-state index is 10.7. The molecule has 80 valence electrons. The lowest BCUT2D eigenvalue weighted by Gasteiger charge is -1.97. The normalized spacial score (nSPS) is 10.8. The van der Waals surface area contributed by atoms with Crippen LogP contribution in [0.15, 0.2) is 35.0 Å². The third-order valence-corrected chi connectivity index (χ3v) is 3.01. The van der Waals surface area contributed by atoms with Crippen LogP contribution in [0, 0.1) is 0 Å². The van der Waals surface area contributed by atoms with Gasteiger partial charge < -0.3 is 0 Å². The minimum absolute atomic E-state index is 0.578. The zero-order valence-corrected chi connectivity index (χ0v) is 9.96. The van der Waals surface area contributed by atoms with Crippen LogP contribution in [-0.2, 0) is 0 Å². The van der Waals surface area contributed by atoms with Crippen molar-refractivity contribution in [1.29, 1.82) is 0 Å². The standard InChI is InChI=1S/C13H9ClOS/c14-13-6-11(5-12(7-13)8-15)2-1-10-3-4-16-9-10/h1-9H/b2-1+. The van der Waals surface area contributed by atoms with Gasteiger partial charge in [-0.25, -0.2) is 0 Å². The van der Waals surface area contributed by atoms with Crippen molar-refractivity contribution in [2.75, 3.05) is 0 Å². The molecule has 0 atom stereocenters. The van der Waals surface area contributed by atoms with E-state index in [2.05, 4.69) is 5.38 Å². The molecular formula is C13H9ClOS. The van der Waals surface area contributed by atoms with Gasteiger partial charge in [-0.3, -0.25) is 4.79 Å². The zero-order chi connectivity index (χ0) is 11.4. The van der Waals surface area contributed by atoms with E-state index in [9.17, 15) is 4.79 Å². The topological polar surface area (TPSA) is 17.1 Å². The first-order valence-electron chi connectivity index (χ1n) is 4.74. The number of hydrogen-bond acceptors (Lipinski definition) is 2. The Labute approximate surface area is 103 Å². The predicted octanol–water partition coefficient (Wildman–Crippen LogP) is 4.38. The van der Waals surface area contributed by atoms with Crippen LogP contribution in [0.25, 0.3) is 12.2 Å². The van der Waals surface area contributed by atoms with Crippen LogP contribution in [-0.4, -0.2) is 6.29 Å². The van der Waals surface area contributed by atoms with Crippen LogP contribution in [0.2, 0.25) is 5.02 Å². The Morgan fingerprint density at radius 2 is 1.81 bits per heavy atom. The molecule has 0 aliphatic rings. The number of thiophene rings is 1. The monoisotopic (exact) mass is 248 g/mol. The van der Waals surface area contributed by atoms with Gasteiger partial charge in [-0.2, -0.15) is 11.3 Å². The van der Waals surface area contributed by atoms with Crippen molar-refractivity contribution in [3.63, 3.8) is 0 Å². The summed E-state index contributed by atoms with van der Waals surface area (Å²) in [6, 6.07) is 7.32. The molecule has 0 amide bonds. The van der Waals surface area contributed by atoms with Crippen LogP contribution in [0.1, 0.15) is 21.5 Å². The van der Waals surface area contributed by atoms with Gasteiger partial charge in [0.1, 0.15) is 6.29 Å². The molecule has 0 aliphatic heterocycles. The van der Waals surface area contributed by atoms with Gasteiger partial charge in [0.25, 0.3) is 0 Å². The van der Waals surface area contributed by atoms with Crippen molar-refractivity contribution in [3.05, 3.63) is 56.7 Å². The predicted molar refractivity (Wildman–Crippen MR) is 70.1 cm³/mol. The number of carbonyl (C=O) groups excluding carboxylic acids is 1. The van der Waals surface area contributed by atoms with Crippen LogP contribution < -0.4 is 0 Å². The second-order valence-electron chi connectivity index (χ2n) is 3.33. The molecule has 0 spiro atoms. The highest BCUT2D eigenvalue weighted by atomic mass is 35.5. The molecule has 3 heteroatoms. The Bertz CT molecular complexity index is 515. The molecule has 0 bridgehead atoms. The van der Waals surface area contributed by atoms with E-state index in [1.54, 1.807) is 17.4 Å². The Balaban J connectivity index is 2.27. The number of hydrogen-bond donors (Lipinski definition) is 0. The van der Waals surface area contributed by atoms with E-state index >= 15 is 0 Å². The van der Waals surface area contributed by atoms with Gasteiger partial charge in [-0.05, 0) is 46.2 Å². The molecule has 1 heterocycles. The van der Waals surface area contributed by atoms with Crippen LogP contribution in [0.5, 0.6) is 0 Å². The van der Waals surface area contributed by atoms with E-state index in [0.29, 0.717) is 10.6 Å². The van der Waals surface area contributed by atoms with Crippen molar-refractivity contribution >= 4 is 41.4 Å². The zero-order valence-electron chi connectivity index (χ0n) is 8.39. The molecule has 0 radical (unpaired) electrons. The summed E-state index contributed by atoms with van der Waals surface area (Å²) in [6.45, 7) is 0. The van der Waals surface area contributed by atoms with Crippen LogP contribution in [0.4, 0.5) is 0 Å². The number of halogens is 1. The summed E-state index contributed by atoms with van der Waals surface area (Å²) in [5.41, 5.74) is 2.68. The largest absolute Gasteiger partial charge is 0.298 e. The molecule has 0 aliphatic carbocycles. The smallest absolute Gasteiger partial charge is 0.150 e. The summed E-state index contributed by atoms with van der Waals surface area (Å²) < 4.78 is 0. The minimum atomic E-state index is 0.578. The van der Waals surface area contributed by atoms with Gasteiger partial charge >= 0.3 is 0 Å². The first kappa shape index (κ1) is 11.1. The van der Waals surface area contributed by atoms with E-state index in [1.807, 2.05) is 35.7 Å². The second kappa shape index (κ2) is 5.10. The molecule has 1 aromatic carbocycles. The van der Waals surface area contributed by atoms with Gasteiger partial charge in [0.2, 0.25) is 0 Å². The van der Waals surface area contributed by atoms with E-state index in [0.717, 1.165) is 17.4 Å². The summed E-state index contributed by atoms with van der Waals surface area (Å²) in [5, 5.41) is 4.66. The summed E-state index contributed by atoms with van der Waals surface area (Å²) >= 11 is 7.55. The SMILES string of the molecule is O=Cc1cc(Cl)cc(/C=C/c2ccsc2)c1. The molecule has 0 saturated heterocycles. The first-order valence-corrected chi connectivity index (χ1v) is 6.06. The molecule has 0 saturated carbocycles. The molecular weight excluding hydrogens is 240 g/mol. The van der Waals surface area contributed by atoms with Crippen molar-refractivity contribution in [2.24, 2.45) is 0 Å². The Hall–Kier alpha value is -1.38. The molecule has 0 N–H and O–H groups in total. The Kier molecular flexibility index (Phi) is 3.54. The highest BCUT2D eigenvalue weighted by Gasteiger charge is 1.96. The maximum Gasteiger partial charge on any atom is 0.150 e. The minimum Gasteiger partial charge on any atom is -0.298 e. The number of aldehydes is 1. The molecule has 2 rings (SSSR count). The number of benzene rings is 1. The highest BCUT2D eigenvalue weighted by molar-refractivity contribution is 7.08. The lowest BCUT2D eigenvalue weighted by atomic mass is 10.1. The van der Waals surface area contributed by atoms with E-state index in [4.69, 9.17) is 11.6 Å². The van der Waals surface area contributed by atoms with Crippen molar-refractivity contribution in [2.45, 2.75) is 0 Å². The van der Waals surface area contributed by atoms with E-state index in [-0.39, 0.29) is 0 Å². The first-order chi connectivity index (χ1) is 7.78. The van der Waals surface area contributed by atoms with Crippen LogP contribution >= 0.6 is 22.9 Å². The molecule has 16 heavy (non-hydrogen) atoms. The average Bonchev–Trinajstić information content (AvgIpc) is 2.78. The molecule has 0 fully saturated rings. The van der Waals surface area contributed by atoms with Gasteiger partial charge in [-0.1, -0.05) is 23.8 Å². The molecule has 2 aromatic rings. The summed E-state index contributed by atoms with van der Waals surface area (Å²) in [4.78, 5) is 10.7. The fourth-order valence-electron chi connectivity index (χ4n) is 1.36. The Morgan fingerprint density at radius 1 is 1.06 bits per heavy atom. The summed E-state index contributed by atoms with van der Waals surface area (Å²) in [7, 11) is 0. The summed E-state index contributed by atoms with van der Waals surface area (Å²) in [6.07, 6.45) is 4.74. The third kappa shape index (κ3) is 2.81. The summed E-state index contributed by atoms with van der Waals surface area (Å²) in [5.74, 6) is 0. The quantitative estimate of drug-likeness (QED) is 0.737. The van der Waals surface area contributed by atoms with Crippen LogP contribution in [0.3, 0.4) is 0 Å². The van der Waals surface area contributed by atoms with Crippen molar-refractivity contribution in [1.82, 2.24) is 0 Å². The molecule has 1 nitrogen and oxygen atoms in total. The maximum atomic E-state index is 10.7. The average molecular weight is 249 g/mol. The van der Waals surface area contributed by atoms with E-state index in [1.165, 1.54) is 0 Å². The Morgan fingerprint density at radius 3 is 2.50 bits per heavy atom. The fraction of sp³-hybridized carbons (Fsp3) is 0. The fourth-order valence-corrected chi connectivity index (χ4v) is 2.24.